The second-order valence-electron chi connectivity index (χ2n) is 10.9. The minimum atomic E-state index is -0.129. The molecule has 2 amide bonds. The van der Waals surface area contributed by atoms with Crippen LogP contribution in [0.15, 0.2) is 120 Å². The smallest absolute Gasteiger partial charge is 0.257 e. The van der Waals surface area contributed by atoms with E-state index in [9.17, 15) is 9.59 Å². The quantitative estimate of drug-likeness (QED) is 0.103. The number of amides is 2. The molecule has 0 fully saturated rings. The number of hydrogen-bond donors (Lipinski definition) is 6. The fourth-order valence-corrected chi connectivity index (χ4v) is 5.30. The Morgan fingerprint density at radius 1 is 0.729 bits per heavy atom. The van der Waals surface area contributed by atoms with Gasteiger partial charge >= 0.3 is 0 Å². The van der Waals surface area contributed by atoms with Crippen molar-refractivity contribution in [1.82, 2.24) is 20.4 Å². The number of para-hydroxylation sites is 2. The summed E-state index contributed by atoms with van der Waals surface area (Å²) < 4.78 is 10.5. The third-order valence-corrected chi connectivity index (χ3v) is 7.70. The van der Waals surface area contributed by atoms with Crippen LogP contribution in [0.25, 0.3) is 22.6 Å². The van der Waals surface area contributed by atoms with Crippen molar-refractivity contribution in [3.8, 4) is 17.2 Å². The van der Waals surface area contributed by atoms with Gasteiger partial charge in [0.15, 0.2) is 17.4 Å². The van der Waals surface area contributed by atoms with E-state index in [1.165, 1.54) is 0 Å². The standard InChI is InChI=1S/C20H18N4O2.C16H12N4O2/c1-26-15-8-6-13(7-9-15)10-14-11-19(24-23-14)21-12-17-16-4-2-3-5-18(16)22-20(17)25;21-16-11(10-4-1-2-5-12(10)18-16)9-17-15-8-13(19-20-15)14-6-3-7-22-14/h2-9,11-12H,10H2,1H3,(H,22,25)(H2,21,23,24);1-9H,(H,18,21)(H2,17,19,20). The lowest BCUT2D eigenvalue weighted by atomic mass is 10.1. The first-order valence-corrected chi connectivity index (χ1v) is 15.1. The summed E-state index contributed by atoms with van der Waals surface area (Å²) in [5.41, 5.74) is 7.49. The van der Waals surface area contributed by atoms with Gasteiger partial charge in [-0.2, -0.15) is 10.2 Å². The van der Waals surface area contributed by atoms with Gasteiger partial charge in [-0.05, 0) is 42.0 Å². The van der Waals surface area contributed by atoms with Crippen molar-refractivity contribution in [2.75, 3.05) is 28.4 Å². The number of aromatic amines is 2. The number of methoxy groups -OCH3 is 1. The normalized spacial score (nSPS) is 14.5. The molecule has 0 saturated heterocycles. The Hall–Kier alpha value is -6.82. The fraction of sp³-hybridized carbons (Fsp3) is 0.0556. The zero-order chi connectivity index (χ0) is 32.9. The van der Waals surface area contributed by atoms with Crippen molar-refractivity contribution in [3.63, 3.8) is 0 Å². The summed E-state index contributed by atoms with van der Waals surface area (Å²) in [5, 5.41) is 26.1. The first kappa shape index (κ1) is 29.9. The zero-order valence-electron chi connectivity index (χ0n) is 25.7. The van der Waals surface area contributed by atoms with E-state index in [-0.39, 0.29) is 11.8 Å². The number of nitrogens with zero attached hydrogens (tertiary/aromatic N) is 2. The number of ether oxygens (including phenoxy) is 1. The van der Waals surface area contributed by atoms with Gasteiger partial charge in [-0.15, -0.1) is 0 Å². The first-order valence-electron chi connectivity index (χ1n) is 15.1. The van der Waals surface area contributed by atoms with Gasteiger partial charge in [-0.3, -0.25) is 19.8 Å². The minimum Gasteiger partial charge on any atom is -0.497 e. The Kier molecular flexibility index (Phi) is 8.26. The number of anilines is 4. The van der Waals surface area contributed by atoms with E-state index in [1.807, 2.05) is 97.1 Å². The maximum absolute atomic E-state index is 12.1. The van der Waals surface area contributed by atoms with Crippen LogP contribution in [0.4, 0.5) is 23.0 Å². The molecule has 3 aromatic carbocycles. The topological polar surface area (TPSA) is 162 Å². The largest absolute Gasteiger partial charge is 0.497 e. The maximum atomic E-state index is 12.1. The summed E-state index contributed by atoms with van der Waals surface area (Å²) >= 11 is 0. The van der Waals surface area contributed by atoms with Gasteiger partial charge in [-0.25, -0.2) is 0 Å². The van der Waals surface area contributed by atoms with E-state index >= 15 is 0 Å². The van der Waals surface area contributed by atoms with Crippen LogP contribution >= 0.6 is 0 Å². The number of rotatable bonds is 8. The van der Waals surface area contributed by atoms with Crippen molar-refractivity contribution in [3.05, 3.63) is 138 Å². The van der Waals surface area contributed by atoms with Gasteiger partial charge in [0.25, 0.3) is 11.8 Å². The molecule has 0 unspecified atom stereocenters. The number of hydrogen-bond acceptors (Lipinski definition) is 8. The van der Waals surface area contributed by atoms with Crippen LogP contribution in [0.3, 0.4) is 0 Å². The molecule has 0 bridgehead atoms. The van der Waals surface area contributed by atoms with Gasteiger partial charge in [0.05, 0.1) is 24.5 Å². The Morgan fingerprint density at radius 3 is 1.94 bits per heavy atom. The molecule has 3 aromatic heterocycles. The van der Waals surface area contributed by atoms with Crippen LogP contribution in [0, 0.1) is 0 Å². The number of nitrogens with one attached hydrogen (secondary N) is 6. The number of carbonyl (C=O) groups excluding carboxylic acids is 2. The molecular weight excluding hydrogens is 608 g/mol. The van der Waals surface area contributed by atoms with Gasteiger partial charge in [-0.1, -0.05) is 48.5 Å². The predicted molar refractivity (Wildman–Crippen MR) is 184 cm³/mol. The minimum absolute atomic E-state index is 0.118. The molecule has 2 aliphatic rings. The second-order valence-corrected chi connectivity index (χ2v) is 10.9. The lowest BCUT2D eigenvalue weighted by molar-refractivity contribution is -0.111. The molecule has 2 aliphatic heterocycles. The highest BCUT2D eigenvalue weighted by Crippen LogP contribution is 2.32. The van der Waals surface area contributed by atoms with Gasteiger partial charge < -0.3 is 30.4 Å². The SMILES string of the molecule is COc1ccc(Cc2cc(NC=C3C(=O)Nc4ccccc43)n[nH]2)cc1.O=C1Nc2ccccc2C1=CNc1cc(-c2ccco2)[nH]n1. The molecule has 12 heteroatoms. The van der Waals surface area contributed by atoms with E-state index in [1.54, 1.807) is 25.8 Å². The number of H-pyrrole nitrogens is 2. The van der Waals surface area contributed by atoms with Crippen LogP contribution in [0.1, 0.15) is 22.4 Å². The molecule has 0 radical (unpaired) electrons. The third kappa shape index (κ3) is 6.44. The van der Waals surface area contributed by atoms with Crippen LogP contribution in [-0.4, -0.2) is 39.3 Å². The number of fused-ring (bicyclic) bond motifs is 2. The lowest BCUT2D eigenvalue weighted by Gasteiger charge is -2.01. The summed E-state index contributed by atoms with van der Waals surface area (Å²) in [7, 11) is 1.65. The fourth-order valence-electron chi connectivity index (χ4n) is 5.30. The van der Waals surface area contributed by atoms with Crippen LogP contribution < -0.4 is 26.0 Å². The summed E-state index contributed by atoms with van der Waals surface area (Å²) in [6.07, 6.45) is 5.68. The molecule has 5 heterocycles. The average Bonchev–Trinajstić information content (AvgIpc) is 3.95. The van der Waals surface area contributed by atoms with Crippen molar-refractivity contribution in [2.45, 2.75) is 6.42 Å². The van der Waals surface area contributed by atoms with E-state index in [0.29, 0.717) is 28.5 Å². The molecule has 0 aliphatic carbocycles. The predicted octanol–water partition coefficient (Wildman–Crippen LogP) is 6.49. The molecule has 48 heavy (non-hydrogen) atoms. The number of aromatic nitrogens is 4. The first-order chi connectivity index (χ1) is 23.5. The van der Waals surface area contributed by atoms with Crippen LogP contribution in [0.5, 0.6) is 5.75 Å². The molecule has 6 N–H and O–H groups in total. The number of carbonyl (C=O) groups is 2. The molecule has 6 aromatic rings. The Bertz CT molecular complexity index is 2140. The lowest BCUT2D eigenvalue weighted by Crippen LogP contribution is -2.05. The molecule has 238 valence electrons. The average molecular weight is 639 g/mol. The Morgan fingerprint density at radius 2 is 1.33 bits per heavy atom. The van der Waals surface area contributed by atoms with E-state index in [2.05, 4.69) is 41.7 Å². The van der Waals surface area contributed by atoms with E-state index in [4.69, 9.17) is 9.15 Å². The Labute approximate surface area is 274 Å². The van der Waals surface area contributed by atoms with Gasteiger partial charge in [0, 0.05) is 59.1 Å². The molecule has 0 saturated carbocycles. The molecule has 0 spiro atoms. The second kappa shape index (κ2) is 13.3. The number of furan rings is 1. The zero-order valence-corrected chi connectivity index (χ0v) is 25.7. The summed E-state index contributed by atoms with van der Waals surface area (Å²) in [5.74, 6) is 2.57. The van der Waals surface area contributed by atoms with Crippen molar-refractivity contribution >= 4 is 46.0 Å². The van der Waals surface area contributed by atoms with Gasteiger partial charge in [0.2, 0.25) is 0 Å². The highest BCUT2D eigenvalue weighted by molar-refractivity contribution is 6.32. The highest BCUT2D eigenvalue weighted by atomic mass is 16.5. The molecule has 12 nitrogen and oxygen atoms in total. The summed E-state index contributed by atoms with van der Waals surface area (Å²) in [6.45, 7) is 0. The maximum Gasteiger partial charge on any atom is 0.257 e. The summed E-state index contributed by atoms with van der Waals surface area (Å²) in [4.78, 5) is 24.1. The molecule has 0 atom stereocenters. The van der Waals surface area contributed by atoms with E-state index < -0.39 is 0 Å². The molecular formula is C36H30N8O4. The van der Waals surface area contributed by atoms with Crippen molar-refractivity contribution < 1.29 is 18.7 Å². The Balaban J connectivity index is 0.000000154. The molecule has 8 rings (SSSR count). The van der Waals surface area contributed by atoms with Crippen LogP contribution in [0.2, 0.25) is 0 Å². The van der Waals surface area contributed by atoms with Crippen LogP contribution in [-0.2, 0) is 16.0 Å². The van der Waals surface area contributed by atoms with Gasteiger partial charge in [0.1, 0.15) is 11.4 Å². The number of benzene rings is 3. The van der Waals surface area contributed by atoms with Crippen molar-refractivity contribution in [1.29, 1.82) is 0 Å². The monoisotopic (exact) mass is 638 g/mol. The summed E-state index contributed by atoms with van der Waals surface area (Å²) in [6, 6.07) is 30.5. The highest BCUT2D eigenvalue weighted by Gasteiger charge is 2.24. The third-order valence-electron chi connectivity index (χ3n) is 7.70. The van der Waals surface area contributed by atoms with Crippen molar-refractivity contribution in [2.24, 2.45) is 0 Å². The van der Waals surface area contributed by atoms with E-state index in [0.717, 1.165) is 51.6 Å².